The zero-order chi connectivity index (χ0) is 12.1. The molecule has 92 valence electrons. The summed E-state index contributed by atoms with van der Waals surface area (Å²) in [5, 5.41) is 3.52. The van der Waals surface area contributed by atoms with Crippen LogP contribution in [0.1, 0.15) is 50.0 Å². The summed E-state index contributed by atoms with van der Waals surface area (Å²) >= 11 is 0. The van der Waals surface area contributed by atoms with Crippen LogP contribution in [0.5, 0.6) is 0 Å². The summed E-state index contributed by atoms with van der Waals surface area (Å²) in [6, 6.07) is 0.283. The van der Waals surface area contributed by atoms with E-state index in [4.69, 9.17) is 0 Å². The summed E-state index contributed by atoms with van der Waals surface area (Å²) in [6.45, 7) is 5.20. The van der Waals surface area contributed by atoms with Crippen molar-refractivity contribution in [3.63, 3.8) is 0 Å². The Balaban J connectivity index is 1.81. The molecular formula is C14H21N3. The minimum absolute atomic E-state index is 0.283. The molecule has 1 aliphatic carbocycles. The van der Waals surface area contributed by atoms with Crippen LogP contribution < -0.4 is 5.32 Å². The smallest absolute Gasteiger partial charge is 0.0782 e. The van der Waals surface area contributed by atoms with Gasteiger partial charge in [-0.3, -0.25) is 9.97 Å². The zero-order valence-corrected chi connectivity index (χ0v) is 10.7. The molecule has 0 fully saturated rings. The summed E-state index contributed by atoms with van der Waals surface area (Å²) in [6.07, 6.45) is 11.0. The Kier molecular flexibility index (Phi) is 4.26. The van der Waals surface area contributed by atoms with Gasteiger partial charge in [-0.2, -0.15) is 0 Å². The first kappa shape index (κ1) is 12.2. The van der Waals surface area contributed by atoms with Crippen LogP contribution in [0, 0.1) is 6.92 Å². The third kappa shape index (κ3) is 3.37. The second-order valence-electron chi connectivity index (χ2n) is 4.71. The second-order valence-corrected chi connectivity index (χ2v) is 4.71. The van der Waals surface area contributed by atoms with Crippen LogP contribution in [0.15, 0.2) is 24.0 Å². The van der Waals surface area contributed by atoms with E-state index in [1.165, 1.54) is 25.7 Å². The van der Waals surface area contributed by atoms with Crippen molar-refractivity contribution in [3.8, 4) is 0 Å². The highest BCUT2D eigenvalue weighted by molar-refractivity contribution is 5.13. The van der Waals surface area contributed by atoms with Crippen molar-refractivity contribution in [2.45, 2.75) is 45.6 Å². The third-order valence-electron chi connectivity index (χ3n) is 3.36. The van der Waals surface area contributed by atoms with E-state index in [0.29, 0.717) is 0 Å². The summed E-state index contributed by atoms with van der Waals surface area (Å²) in [5.74, 6) is 0. The molecule has 2 rings (SSSR count). The van der Waals surface area contributed by atoms with Gasteiger partial charge in [0.1, 0.15) is 0 Å². The largest absolute Gasteiger partial charge is 0.308 e. The van der Waals surface area contributed by atoms with Crippen molar-refractivity contribution in [2.24, 2.45) is 0 Å². The van der Waals surface area contributed by atoms with Crippen LogP contribution in [0.4, 0.5) is 0 Å². The van der Waals surface area contributed by atoms with Crippen molar-refractivity contribution in [3.05, 3.63) is 35.4 Å². The monoisotopic (exact) mass is 231 g/mol. The predicted octanol–water partition coefficient (Wildman–Crippen LogP) is 2.94. The topological polar surface area (TPSA) is 37.8 Å². The molecular weight excluding hydrogens is 210 g/mol. The van der Waals surface area contributed by atoms with Crippen molar-refractivity contribution in [2.75, 3.05) is 6.54 Å². The van der Waals surface area contributed by atoms with Crippen LogP contribution in [0.25, 0.3) is 0 Å². The number of nitrogens with one attached hydrogen (secondary N) is 1. The molecule has 0 amide bonds. The predicted molar refractivity (Wildman–Crippen MR) is 69.7 cm³/mol. The van der Waals surface area contributed by atoms with Crippen LogP contribution in [-0.4, -0.2) is 16.5 Å². The normalized spacial score (nSPS) is 16.9. The SMILES string of the molecule is Cc1nccnc1C(C)NCCC1=CCCC1. The number of hydrogen-bond donors (Lipinski definition) is 1. The standard InChI is InChI=1S/C14H21N3/c1-11(14-12(2)16-9-10-17-14)15-8-7-13-5-3-4-6-13/h5,9-11,15H,3-4,6-8H2,1-2H3. The van der Waals surface area contributed by atoms with E-state index in [2.05, 4.69) is 28.3 Å². The van der Waals surface area contributed by atoms with Gasteiger partial charge in [-0.1, -0.05) is 11.6 Å². The fourth-order valence-electron chi connectivity index (χ4n) is 2.35. The number of allylic oxidation sites excluding steroid dienone is 1. The molecule has 1 aliphatic rings. The Morgan fingerprint density at radius 1 is 1.35 bits per heavy atom. The third-order valence-corrected chi connectivity index (χ3v) is 3.36. The lowest BCUT2D eigenvalue weighted by atomic mass is 10.1. The van der Waals surface area contributed by atoms with Gasteiger partial charge in [-0.05, 0) is 46.1 Å². The zero-order valence-electron chi connectivity index (χ0n) is 10.7. The molecule has 1 unspecified atom stereocenters. The summed E-state index contributed by atoms with van der Waals surface area (Å²) in [7, 11) is 0. The van der Waals surface area contributed by atoms with Gasteiger partial charge in [0, 0.05) is 18.4 Å². The first-order chi connectivity index (χ1) is 8.27. The van der Waals surface area contributed by atoms with Gasteiger partial charge in [-0.25, -0.2) is 0 Å². The second kappa shape index (κ2) is 5.92. The van der Waals surface area contributed by atoms with E-state index in [1.807, 2.05) is 6.92 Å². The molecule has 0 bridgehead atoms. The molecule has 3 nitrogen and oxygen atoms in total. The minimum Gasteiger partial charge on any atom is -0.308 e. The Morgan fingerprint density at radius 2 is 2.18 bits per heavy atom. The average Bonchev–Trinajstić information content (AvgIpc) is 2.82. The highest BCUT2D eigenvalue weighted by Gasteiger charge is 2.10. The van der Waals surface area contributed by atoms with Crippen LogP contribution in [0.2, 0.25) is 0 Å². The van der Waals surface area contributed by atoms with Crippen molar-refractivity contribution in [1.29, 1.82) is 0 Å². The Bertz CT molecular complexity index is 398. The van der Waals surface area contributed by atoms with Crippen molar-refractivity contribution < 1.29 is 0 Å². The van der Waals surface area contributed by atoms with E-state index in [9.17, 15) is 0 Å². The molecule has 1 atom stereocenters. The fourth-order valence-corrected chi connectivity index (χ4v) is 2.35. The molecule has 0 spiro atoms. The van der Waals surface area contributed by atoms with Gasteiger partial charge in [0.15, 0.2) is 0 Å². The van der Waals surface area contributed by atoms with Gasteiger partial charge in [0.05, 0.1) is 11.4 Å². The molecule has 1 N–H and O–H groups in total. The Hall–Kier alpha value is -1.22. The Morgan fingerprint density at radius 3 is 2.88 bits per heavy atom. The molecule has 0 saturated carbocycles. The summed E-state index contributed by atoms with van der Waals surface area (Å²) in [5.41, 5.74) is 3.70. The molecule has 0 aromatic carbocycles. The quantitative estimate of drug-likeness (QED) is 0.792. The van der Waals surface area contributed by atoms with E-state index in [0.717, 1.165) is 17.9 Å². The van der Waals surface area contributed by atoms with Gasteiger partial charge in [0.2, 0.25) is 0 Å². The van der Waals surface area contributed by atoms with E-state index >= 15 is 0 Å². The lowest BCUT2D eigenvalue weighted by Crippen LogP contribution is -2.22. The van der Waals surface area contributed by atoms with Gasteiger partial charge < -0.3 is 5.32 Å². The number of nitrogens with zero attached hydrogens (tertiary/aromatic N) is 2. The van der Waals surface area contributed by atoms with Crippen LogP contribution in [-0.2, 0) is 0 Å². The summed E-state index contributed by atoms with van der Waals surface area (Å²) in [4.78, 5) is 8.66. The highest BCUT2D eigenvalue weighted by atomic mass is 14.9. The number of aromatic nitrogens is 2. The molecule has 0 saturated heterocycles. The highest BCUT2D eigenvalue weighted by Crippen LogP contribution is 2.20. The van der Waals surface area contributed by atoms with Crippen LogP contribution >= 0.6 is 0 Å². The maximum Gasteiger partial charge on any atom is 0.0782 e. The van der Waals surface area contributed by atoms with Gasteiger partial charge >= 0.3 is 0 Å². The van der Waals surface area contributed by atoms with E-state index in [-0.39, 0.29) is 6.04 Å². The van der Waals surface area contributed by atoms with Crippen molar-refractivity contribution in [1.82, 2.24) is 15.3 Å². The van der Waals surface area contributed by atoms with E-state index < -0.39 is 0 Å². The lowest BCUT2D eigenvalue weighted by molar-refractivity contribution is 0.555. The number of hydrogen-bond acceptors (Lipinski definition) is 3. The molecule has 0 radical (unpaired) electrons. The van der Waals surface area contributed by atoms with Crippen LogP contribution in [0.3, 0.4) is 0 Å². The van der Waals surface area contributed by atoms with E-state index in [1.54, 1.807) is 18.0 Å². The fraction of sp³-hybridized carbons (Fsp3) is 0.571. The summed E-state index contributed by atoms with van der Waals surface area (Å²) < 4.78 is 0. The maximum absolute atomic E-state index is 4.39. The molecule has 1 aromatic heterocycles. The molecule has 1 heterocycles. The van der Waals surface area contributed by atoms with Gasteiger partial charge in [-0.15, -0.1) is 0 Å². The molecule has 1 aromatic rings. The number of aryl methyl sites for hydroxylation is 1. The first-order valence-corrected chi connectivity index (χ1v) is 6.46. The van der Waals surface area contributed by atoms with Crippen molar-refractivity contribution >= 4 is 0 Å². The van der Waals surface area contributed by atoms with Gasteiger partial charge in [0.25, 0.3) is 0 Å². The minimum atomic E-state index is 0.283. The Labute approximate surface area is 103 Å². The average molecular weight is 231 g/mol. The number of rotatable bonds is 5. The first-order valence-electron chi connectivity index (χ1n) is 6.46. The lowest BCUT2D eigenvalue weighted by Gasteiger charge is -2.14. The molecule has 17 heavy (non-hydrogen) atoms. The maximum atomic E-state index is 4.39. The molecule has 0 aliphatic heterocycles. The molecule has 3 heteroatoms.